The molecule has 34 heavy (non-hydrogen) atoms. The van der Waals surface area contributed by atoms with Crippen LogP contribution in [0.25, 0.3) is 33.2 Å². The maximum absolute atomic E-state index is 13.0. The third kappa shape index (κ3) is 3.17. The lowest BCUT2D eigenvalue weighted by atomic mass is 9.84. The summed E-state index contributed by atoms with van der Waals surface area (Å²) in [5.41, 5.74) is 2.49. The molecule has 0 bridgehead atoms. The van der Waals surface area contributed by atoms with Crippen LogP contribution in [0.4, 0.5) is 0 Å². The fourth-order valence-electron chi connectivity index (χ4n) is 4.52. The third-order valence-electron chi connectivity index (χ3n) is 6.11. The fourth-order valence-corrected chi connectivity index (χ4v) is 4.52. The topological polar surface area (TPSA) is 110 Å². The Kier molecular flexibility index (Phi) is 4.38. The van der Waals surface area contributed by atoms with E-state index in [2.05, 4.69) is 4.98 Å². The Morgan fingerprint density at radius 1 is 0.941 bits per heavy atom. The summed E-state index contributed by atoms with van der Waals surface area (Å²) in [5, 5.41) is 21.1. The van der Waals surface area contributed by atoms with Gasteiger partial charge in [-0.05, 0) is 48.0 Å². The summed E-state index contributed by atoms with van der Waals surface area (Å²) in [4.78, 5) is 29.9. The Morgan fingerprint density at radius 2 is 1.76 bits per heavy atom. The molecule has 7 heteroatoms. The molecule has 1 aliphatic heterocycles. The number of esters is 1. The molecule has 0 unspecified atom stereocenters. The zero-order chi connectivity index (χ0) is 23.4. The molecule has 0 radical (unpaired) electrons. The van der Waals surface area contributed by atoms with E-state index in [1.54, 1.807) is 18.3 Å². The van der Waals surface area contributed by atoms with Gasteiger partial charge in [-0.25, -0.2) is 0 Å². The second kappa shape index (κ2) is 7.45. The maximum atomic E-state index is 13.0. The molecule has 0 saturated heterocycles. The number of benzene rings is 3. The average Bonchev–Trinajstić information content (AvgIpc) is 2.83. The molecule has 2 N–H and O–H groups in total. The van der Waals surface area contributed by atoms with Gasteiger partial charge in [0.1, 0.15) is 34.0 Å². The van der Waals surface area contributed by atoms with Gasteiger partial charge in [0.2, 0.25) is 0 Å². The highest BCUT2D eigenvalue weighted by molar-refractivity contribution is 5.93. The zero-order valence-electron chi connectivity index (χ0n) is 17.7. The number of ether oxygens (including phenoxy) is 1. The summed E-state index contributed by atoms with van der Waals surface area (Å²) in [6.07, 6.45) is 1.76. The van der Waals surface area contributed by atoms with Crippen molar-refractivity contribution < 1.29 is 24.2 Å². The molecule has 0 saturated carbocycles. The summed E-state index contributed by atoms with van der Waals surface area (Å²) in [7, 11) is 0. The van der Waals surface area contributed by atoms with E-state index < -0.39 is 17.3 Å². The van der Waals surface area contributed by atoms with Gasteiger partial charge in [-0.1, -0.05) is 12.1 Å². The number of phenolic OH excluding ortho intramolecular Hbond substituents is 2. The Balaban J connectivity index is 1.63. The minimum absolute atomic E-state index is 0.0201. The average molecular weight is 451 g/mol. The summed E-state index contributed by atoms with van der Waals surface area (Å²) < 4.78 is 11.6. The number of fused-ring (bicyclic) bond motifs is 4. The summed E-state index contributed by atoms with van der Waals surface area (Å²) in [5.74, 6) is -0.718. The van der Waals surface area contributed by atoms with Crippen LogP contribution in [-0.4, -0.2) is 21.2 Å². The number of carbonyl (C=O) groups is 1. The molecule has 5 aromatic rings. The Bertz CT molecular complexity index is 1670. The molecule has 0 aliphatic carbocycles. The van der Waals surface area contributed by atoms with Crippen LogP contribution in [0.1, 0.15) is 23.5 Å². The lowest BCUT2D eigenvalue weighted by Crippen LogP contribution is -2.22. The number of nitrogens with zero attached hydrogens (tertiary/aromatic N) is 1. The lowest BCUT2D eigenvalue weighted by Gasteiger charge is -2.26. The highest BCUT2D eigenvalue weighted by Crippen LogP contribution is 2.46. The van der Waals surface area contributed by atoms with Gasteiger partial charge in [-0.3, -0.25) is 14.6 Å². The first-order valence-electron chi connectivity index (χ1n) is 10.7. The van der Waals surface area contributed by atoms with Crippen molar-refractivity contribution in [3.8, 4) is 28.6 Å². The lowest BCUT2D eigenvalue weighted by molar-refractivity contribution is -0.135. The van der Waals surface area contributed by atoms with Crippen molar-refractivity contribution in [2.24, 2.45) is 0 Å². The van der Waals surface area contributed by atoms with Crippen LogP contribution in [-0.2, 0) is 4.79 Å². The van der Waals surface area contributed by atoms with Crippen LogP contribution in [0.2, 0.25) is 0 Å². The standard InChI is InChI=1S/C27H17NO6/c29-17-6-3-14(4-7-17)22-12-20(30)26-21(31)13-23-25(27(26)34-22)18(11-24(32)33-23)15-5-8-19-16(10-15)2-1-9-28-19/h1-10,12-13,18,29,31H,11H2/t18-/m1/s1. The Labute approximate surface area is 192 Å². The molecule has 2 aromatic heterocycles. The van der Waals surface area contributed by atoms with Gasteiger partial charge in [0.05, 0.1) is 11.9 Å². The molecule has 3 heterocycles. The summed E-state index contributed by atoms with van der Waals surface area (Å²) in [6, 6.07) is 18.3. The SMILES string of the molecule is O=C1C[C@H](c2ccc3ncccc3c2)c2c(cc(O)c3c(=O)cc(-c4ccc(O)cc4)oc23)O1. The van der Waals surface area contributed by atoms with Crippen molar-refractivity contribution in [3.63, 3.8) is 0 Å². The maximum Gasteiger partial charge on any atom is 0.312 e. The van der Waals surface area contributed by atoms with E-state index in [4.69, 9.17) is 9.15 Å². The predicted octanol–water partition coefficient (Wildman–Crippen LogP) is 4.86. The van der Waals surface area contributed by atoms with Gasteiger partial charge >= 0.3 is 5.97 Å². The first-order valence-corrected chi connectivity index (χ1v) is 10.7. The number of rotatable bonds is 2. The molecule has 0 spiro atoms. The summed E-state index contributed by atoms with van der Waals surface area (Å²) >= 11 is 0. The molecule has 1 atom stereocenters. The fraction of sp³-hybridized carbons (Fsp3) is 0.0741. The minimum Gasteiger partial charge on any atom is -0.508 e. The second-order valence-corrected chi connectivity index (χ2v) is 8.22. The first-order chi connectivity index (χ1) is 16.5. The van der Waals surface area contributed by atoms with Crippen molar-refractivity contribution in [1.82, 2.24) is 4.98 Å². The number of aromatic hydroxyl groups is 2. The Hall–Kier alpha value is -4.65. The van der Waals surface area contributed by atoms with Crippen molar-refractivity contribution >= 4 is 27.8 Å². The monoisotopic (exact) mass is 451 g/mol. The minimum atomic E-state index is -0.456. The molecule has 166 valence electrons. The normalized spacial score (nSPS) is 15.3. The van der Waals surface area contributed by atoms with Gasteiger partial charge in [0.15, 0.2) is 5.43 Å². The molecule has 0 amide bonds. The van der Waals surface area contributed by atoms with Crippen molar-refractivity contribution in [3.05, 3.63) is 94.3 Å². The van der Waals surface area contributed by atoms with Crippen LogP contribution in [0.3, 0.4) is 0 Å². The molecule has 7 nitrogen and oxygen atoms in total. The van der Waals surface area contributed by atoms with Crippen molar-refractivity contribution in [2.75, 3.05) is 0 Å². The van der Waals surface area contributed by atoms with Crippen LogP contribution < -0.4 is 10.2 Å². The van der Waals surface area contributed by atoms with E-state index >= 15 is 0 Å². The van der Waals surface area contributed by atoms with E-state index in [0.717, 1.165) is 16.5 Å². The van der Waals surface area contributed by atoms with Crippen LogP contribution >= 0.6 is 0 Å². The van der Waals surface area contributed by atoms with Gasteiger partial charge in [-0.2, -0.15) is 0 Å². The highest BCUT2D eigenvalue weighted by Gasteiger charge is 2.33. The quantitative estimate of drug-likeness (QED) is 0.291. The number of carbonyl (C=O) groups excluding carboxylic acids is 1. The third-order valence-corrected chi connectivity index (χ3v) is 6.11. The molecule has 0 fully saturated rings. The number of pyridine rings is 1. The molecule has 6 rings (SSSR count). The predicted molar refractivity (Wildman–Crippen MR) is 125 cm³/mol. The van der Waals surface area contributed by atoms with E-state index in [1.807, 2.05) is 30.3 Å². The largest absolute Gasteiger partial charge is 0.508 e. The Morgan fingerprint density at radius 3 is 2.59 bits per heavy atom. The smallest absolute Gasteiger partial charge is 0.312 e. The second-order valence-electron chi connectivity index (χ2n) is 8.22. The van der Waals surface area contributed by atoms with E-state index in [0.29, 0.717) is 11.1 Å². The van der Waals surface area contributed by atoms with Crippen molar-refractivity contribution in [2.45, 2.75) is 12.3 Å². The molecular weight excluding hydrogens is 434 g/mol. The van der Waals surface area contributed by atoms with Crippen molar-refractivity contribution in [1.29, 1.82) is 0 Å². The molecule has 3 aromatic carbocycles. The van der Waals surface area contributed by atoms with Gasteiger partial charge < -0.3 is 19.4 Å². The molecule has 1 aliphatic rings. The molecular formula is C27H17NO6. The van der Waals surface area contributed by atoms with E-state index in [1.165, 1.54) is 24.3 Å². The van der Waals surface area contributed by atoms with Gasteiger partial charge in [0.25, 0.3) is 0 Å². The summed E-state index contributed by atoms with van der Waals surface area (Å²) in [6.45, 7) is 0. The van der Waals surface area contributed by atoms with E-state index in [9.17, 15) is 19.8 Å². The first kappa shape index (κ1) is 20.0. The van der Waals surface area contributed by atoms with Gasteiger partial charge in [-0.15, -0.1) is 0 Å². The number of hydrogen-bond donors (Lipinski definition) is 2. The number of hydrogen-bond acceptors (Lipinski definition) is 7. The van der Waals surface area contributed by atoms with Crippen LogP contribution in [0.5, 0.6) is 17.2 Å². The van der Waals surface area contributed by atoms with Crippen LogP contribution in [0, 0.1) is 0 Å². The highest BCUT2D eigenvalue weighted by atomic mass is 16.5. The number of aromatic nitrogens is 1. The van der Waals surface area contributed by atoms with Crippen LogP contribution in [0.15, 0.2) is 82.1 Å². The zero-order valence-corrected chi connectivity index (χ0v) is 17.7. The number of phenols is 2. The van der Waals surface area contributed by atoms with E-state index in [-0.39, 0.29) is 40.4 Å². The van der Waals surface area contributed by atoms with Gasteiger partial charge in [0, 0.05) is 40.8 Å².